The number of ether oxygens (including phenoxy) is 1. The van der Waals surface area contributed by atoms with E-state index in [1.165, 1.54) is 0 Å². The van der Waals surface area contributed by atoms with Crippen LogP contribution in [0.1, 0.15) is 5.82 Å². The van der Waals surface area contributed by atoms with Gasteiger partial charge in [0.05, 0.1) is 23.0 Å². The Morgan fingerprint density at radius 1 is 0.933 bits per heavy atom. The minimum atomic E-state index is 0.556. The predicted octanol–water partition coefficient (Wildman–Crippen LogP) is 5.16. The van der Waals surface area contributed by atoms with E-state index >= 15 is 0 Å². The smallest absolute Gasteiger partial charge is 0.232 e. The standard InChI is InChI=1S/C23H19N5OS/c1-28(2)13-20-26-22(29-16-8-9-18-19(12-16)25-11-10-24-18)21-17(14-30-23(21)27-20)15-6-4-3-5-7-15/h3-12,14H,13H2,1-2H3. The molecule has 3 aromatic heterocycles. The van der Waals surface area contributed by atoms with Crippen LogP contribution in [-0.4, -0.2) is 38.9 Å². The fourth-order valence-electron chi connectivity index (χ4n) is 3.33. The average Bonchev–Trinajstić information content (AvgIpc) is 3.18. The fourth-order valence-corrected chi connectivity index (χ4v) is 4.28. The van der Waals surface area contributed by atoms with Crippen LogP contribution in [0.15, 0.2) is 66.3 Å². The third kappa shape index (κ3) is 3.60. The van der Waals surface area contributed by atoms with Gasteiger partial charge >= 0.3 is 0 Å². The summed E-state index contributed by atoms with van der Waals surface area (Å²) in [5.41, 5.74) is 3.79. The largest absolute Gasteiger partial charge is 0.438 e. The first-order chi connectivity index (χ1) is 14.7. The molecule has 0 aliphatic heterocycles. The number of aromatic nitrogens is 4. The summed E-state index contributed by atoms with van der Waals surface area (Å²) < 4.78 is 6.31. The maximum absolute atomic E-state index is 6.31. The number of nitrogens with zero attached hydrogens (tertiary/aromatic N) is 5. The van der Waals surface area contributed by atoms with Crippen molar-refractivity contribution >= 4 is 32.6 Å². The third-order valence-electron chi connectivity index (χ3n) is 4.64. The zero-order valence-electron chi connectivity index (χ0n) is 16.6. The van der Waals surface area contributed by atoms with Crippen LogP contribution in [0.25, 0.3) is 32.4 Å². The minimum absolute atomic E-state index is 0.556. The lowest BCUT2D eigenvalue weighted by molar-refractivity contribution is 0.385. The molecule has 30 heavy (non-hydrogen) atoms. The molecule has 0 saturated heterocycles. The van der Waals surface area contributed by atoms with Gasteiger partial charge in [-0.1, -0.05) is 30.3 Å². The molecule has 0 fully saturated rings. The molecule has 0 atom stereocenters. The summed E-state index contributed by atoms with van der Waals surface area (Å²) in [6.45, 7) is 0.633. The molecule has 0 spiro atoms. The van der Waals surface area contributed by atoms with Gasteiger partial charge in [0.25, 0.3) is 0 Å². The van der Waals surface area contributed by atoms with Crippen molar-refractivity contribution in [2.75, 3.05) is 14.1 Å². The first-order valence-corrected chi connectivity index (χ1v) is 10.4. The van der Waals surface area contributed by atoms with Gasteiger partial charge in [-0.05, 0) is 31.8 Å². The molecular formula is C23H19N5OS. The molecule has 148 valence electrons. The van der Waals surface area contributed by atoms with Crippen LogP contribution in [0.4, 0.5) is 0 Å². The molecule has 0 radical (unpaired) electrons. The Hall–Kier alpha value is -3.42. The van der Waals surface area contributed by atoms with E-state index < -0.39 is 0 Å². The summed E-state index contributed by atoms with van der Waals surface area (Å²) in [6, 6.07) is 15.9. The lowest BCUT2D eigenvalue weighted by Gasteiger charge is -2.12. The Bertz CT molecular complexity index is 1330. The van der Waals surface area contributed by atoms with Gasteiger partial charge in [0.15, 0.2) is 0 Å². The molecule has 2 aromatic carbocycles. The maximum atomic E-state index is 6.31. The molecule has 3 heterocycles. The van der Waals surface area contributed by atoms with Crippen LogP contribution in [-0.2, 0) is 6.54 Å². The Labute approximate surface area is 177 Å². The van der Waals surface area contributed by atoms with Gasteiger partial charge < -0.3 is 9.64 Å². The van der Waals surface area contributed by atoms with E-state index in [1.54, 1.807) is 23.7 Å². The monoisotopic (exact) mass is 413 g/mol. The molecule has 5 rings (SSSR count). The van der Waals surface area contributed by atoms with Gasteiger partial charge in [-0.2, -0.15) is 4.98 Å². The number of fused-ring (bicyclic) bond motifs is 2. The Balaban J connectivity index is 1.65. The number of rotatable bonds is 5. The van der Waals surface area contributed by atoms with Gasteiger partial charge in [0.2, 0.25) is 5.88 Å². The fraction of sp³-hybridized carbons (Fsp3) is 0.130. The summed E-state index contributed by atoms with van der Waals surface area (Å²) in [6.07, 6.45) is 3.36. The molecular weight excluding hydrogens is 394 g/mol. The molecule has 0 unspecified atom stereocenters. The highest BCUT2D eigenvalue weighted by atomic mass is 32.1. The second-order valence-corrected chi connectivity index (χ2v) is 8.05. The highest BCUT2D eigenvalue weighted by molar-refractivity contribution is 7.17. The summed E-state index contributed by atoms with van der Waals surface area (Å²) in [5.74, 6) is 1.95. The molecule has 0 bridgehead atoms. The van der Waals surface area contributed by atoms with Crippen molar-refractivity contribution < 1.29 is 4.74 Å². The average molecular weight is 414 g/mol. The van der Waals surface area contributed by atoms with Gasteiger partial charge in [0, 0.05) is 29.4 Å². The lowest BCUT2D eigenvalue weighted by atomic mass is 10.1. The summed E-state index contributed by atoms with van der Waals surface area (Å²) in [4.78, 5) is 21.2. The molecule has 0 saturated carbocycles. The second kappa shape index (κ2) is 7.78. The van der Waals surface area contributed by atoms with Crippen molar-refractivity contribution in [3.8, 4) is 22.8 Å². The van der Waals surface area contributed by atoms with Crippen molar-refractivity contribution in [3.05, 3.63) is 72.1 Å². The van der Waals surface area contributed by atoms with E-state index in [4.69, 9.17) is 14.7 Å². The molecule has 0 aliphatic rings. The zero-order valence-corrected chi connectivity index (χ0v) is 17.4. The van der Waals surface area contributed by atoms with Gasteiger partial charge in [0.1, 0.15) is 16.4 Å². The molecule has 0 N–H and O–H groups in total. The molecule has 6 nitrogen and oxygen atoms in total. The van der Waals surface area contributed by atoms with Crippen molar-refractivity contribution in [1.29, 1.82) is 0 Å². The summed E-state index contributed by atoms with van der Waals surface area (Å²) in [7, 11) is 4.00. The lowest BCUT2D eigenvalue weighted by Crippen LogP contribution is -2.13. The van der Waals surface area contributed by atoms with Crippen LogP contribution in [0, 0.1) is 0 Å². The Kier molecular flexibility index (Phi) is 4.82. The van der Waals surface area contributed by atoms with E-state index in [1.807, 2.05) is 55.4 Å². The van der Waals surface area contributed by atoms with Gasteiger partial charge in [-0.3, -0.25) is 9.97 Å². The quantitative estimate of drug-likeness (QED) is 0.397. The van der Waals surface area contributed by atoms with Crippen molar-refractivity contribution in [3.63, 3.8) is 0 Å². The number of hydrogen-bond donors (Lipinski definition) is 0. The number of thiophene rings is 1. The van der Waals surface area contributed by atoms with Crippen molar-refractivity contribution in [2.24, 2.45) is 0 Å². The van der Waals surface area contributed by atoms with Crippen molar-refractivity contribution in [2.45, 2.75) is 6.54 Å². The molecule has 0 amide bonds. The van der Waals surface area contributed by atoms with Crippen LogP contribution in [0.3, 0.4) is 0 Å². The van der Waals surface area contributed by atoms with E-state index in [0.717, 1.165) is 38.2 Å². The van der Waals surface area contributed by atoms with Crippen molar-refractivity contribution in [1.82, 2.24) is 24.8 Å². The zero-order chi connectivity index (χ0) is 20.5. The van der Waals surface area contributed by atoms with Gasteiger partial charge in [-0.15, -0.1) is 11.3 Å². The number of hydrogen-bond acceptors (Lipinski definition) is 7. The van der Waals surface area contributed by atoms with E-state index in [0.29, 0.717) is 18.2 Å². The highest BCUT2D eigenvalue weighted by Crippen LogP contribution is 2.39. The van der Waals surface area contributed by atoms with Crippen LogP contribution in [0.2, 0.25) is 0 Å². The normalized spacial score (nSPS) is 11.4. The number of benzene rings is 2. The van der Waals surface area contributed by atoms with Crippen LogP contribution < -0.4 is 4.74 Å². The van der Waals surface area contributed by atoms with Crippen LogP contribution in [0.5, 0.6) is 11.6 Å². The second-order valence-electron chi connectivity index (χ2n) is 7.19. The first-order valence-electron chi connectivity index (χ1n) is 9.54. The molecule has 7 heteroatoms. The highest BCUT2D eigenvalue weighted by Gasteiger charge is 2.18. The first kappa shape index (κ1) is 18.6. The topological polar surface area (TPSA) is 64.0 Å². The Morgan fingerprint density at radius 2 is 1.73 bits per heavy atom. The third-order valence-corrected chi connectivity index (χ3v) is 5.52. The minimum Gasteiger partial charge on any atom is -0.438 e. The summed E-state index contributed by atoms with van der Waals surface area (Å²) >= 11 is 1.61. The summed E-state index contributed by atoms with van der Waals surface area (Å²) in [5, 5.41) is 3.04. The molecule has 0 aliphatic carbocycles. The van der Waals surface area contributed by atoms with Gasteiger partial charge in [-0.25, -0.2) is 4.98 Å². The van der Waals surface area contributed by atoms with E-state index in [2.05, 4.69) is 27.5 Å². The maximum Gasteiger partial charge on any atom is 0.232 e. The van der Waals surface area contributed by atoms with Crippen LogP contribution >= 0.6 is 11.3 Å². The predicted molar refractivity (Wildman–Crippen MR) is 120 cm³/mol. The Morgan fingerprint density at radius 3 is 2.53 bits per heavy atom. The van der Waals surface area contributed by atoms with E-state index in [9.17, 15) is 0 Å². The molecule has 5 aromatic rings. The SMILES string of the molecule is CN(C)Cc1nc(Oc2ccc3nccnc3c2)c2c(-c3ccccc3)csc2n1. The van der Waals surface area contributed by atoms with E-state index in [-0.39, 0.29) is 0 Å².